The van der Waals surface area contributed by atoms with E-state index in [1.807, 2.05) is 6.07 Å². The number of likely N-dealkylation sites (tertiary alicyclic amines) is 2. The first kappa shape index (κ1) is 12.2. The van der Waals surface area contributed by atoms with Gasteiger partial charge in [-0.1, -0.05) is 0 Å². The smallest absolute Gasteiger partial charge is 0.117 e. The predicted octanol–water partition coefficient (Wildman–Crippen LogP) is 2.73. The normalized spacial score (nSPS) is 27.4. The first-order valence-electron chi connectivity index (χ1n) is 7.40. The minimum absolute atomic E-state index is 0.842. The maximum atomic E-state index is 5.45. The number of furan rings is 1. The molecule has 0 aliphatic carbocycles. The van der Waals surface area contributed by atoms with Crippen molar-refractivity contribution in [3.63, 3.8) is 0 Å². The molecule has 1 atom stereocenters. The van der Waals surface area contributed by atoms with Crippen LogP contribution >= 0.6 is 0 Å². The van der Waals surface area contributed by atoms with E-state index in [1.165, 1.54) is 58.3 Å². The molecule has 1 aromatic rings. The minimum Gasteiger partial charge on any atom is -0.468 e. The highest BCUT2D eigenvalue weighted by Crippen LogP contribution is 2.22. The second-order valence-corrected chi connectivity index (χ2v) is 5.68. The Bertz CT molecular complexity index is 343. The number of hydrogen-bond donors (Lipinski definition) is 0. The Labute approximate surface area is 110 Å². The van der Waals surface area contributed by atoms with Crippen molar-refractivity contribution in [1.29, 1.82) is 0 Å². The van der Waals surface area contributed by atoms with Gasteiger partial charge in [-0.3, -0.25) is 4.90 Å². The van der Waals surface area contributed by atoms with E-state index in [0.717, 1.165) is 18.3 Å². The molecular weight excluding hydrogens is 224 g/mol. The van der Waals surface area contributed by atoms with Crippen molar-refractivity contribution in [1.82, 2.24) is 9.80 Å². The fourth-order valence-electron chi connectivity index (χ4n) is 3.39. The van der Waals surface area contributed by atoms with Crippen LogP contribution in [0, 0.1) is 0 Å². The highest BCUT2D eigenvalue weighted by Gasteiger charge is 2.24. The summed E-state index contributed by atoms with van der Waals surface area (Å²) in [6, 6.07) is 4.91. The number of rotatable bonds is 3. The molecule has 0 spiro atoms. The van der Waals surface area contributed by atoms with Crippen molar-refractivity contribution >= 4 is 0 Å². The standard InChI is InChI=1S/C15H24N2O/c1-2-10-17(9-1)14-5-3-8-16(11-7-14)13-15-6-4-12-18-15/h4,6,12,14H,1-3,5,7-11,13H2. The van der Waals surface area contributed by atoms with Gasteiger partial charge in [0, 0.05) is 12.6 Å². The van der Waals surface area contributed by atoms with Crippen molar-refractivity contribution in [3.8, 4) is 0 Å². The zero-order chi connectivity index (χ0) is 12.2. The van der Waals surface area contributed by atoms with Gasteiger partial charge in [-0.05, 0) is 63.9 Å². The van der Waals surface area contributed by atoms with Gasteiger partial charge < -0.3 is 9.32 Å². The molecule has 0 bridgehead atoms. The van der Waals surface area contributed by atoms with Gasteiger partial charge >= 0.3 is 0 Å². The summed E-state index contributed by atoms with van der Waals surface area (Å²) in [7, 11) is 0. The van der Waals surface area contributed by atoms with E-state index < -0.39 is 0 Å². The molecular formula is C15H24N2O. The predicted molar refractivity (Wildman–Crippen MR) is 72.4 cm³/mol. The van der Waals surface area contributed by atoms with Crippen LogP contribution in [0.5, 0.6) is 0 Å². The van der Waals surface area contributed by atoms with E-state index in [9.17, 15) is 0 Å². The lowest BCUT2D eigenvalue weighted by atomic mass is 10.1. The molecule has 2 aliphatic rings. The van der Waals surface area contributed by atoms with Crippen LogP contribution < -0.4 is 0 Å². The van der Waals surface area contributed by atoms with E-state index in [1.54, 1.807) is 6.26 Å². The van der Waals surface area contributed by atoms with E-state index in [0.29, 0.717) is 0 Å². The van der Waals surface area contributed by atoms with Crippen LogP contribution in [0.25, 0.3) is 0 Å². The van der Waals surface area contributed by atoms with Crippen molar-refractivity contribution in [2.24, 2.45) is 0 Å². The third kappa shape index (κ3) is 2.96. The summed E-state index contributed by atoms with van der Waals surface area (Å²) in [6.45, 7) is 6.11. The second-order valence-electron chi connectivity index (χ2n) is 5.68. The molecule has 0 amide bonds. The molecule has 3 rings (SSSR count). The first-order chi connectivity index (χ1) is 8.92. The summed E-state index contributed by atoms with van der Waals surface area (Å²) in [5.41, 5.74) is 0. The molecule has 1 aromatic heterocycles. The molecule has 2 aliphatic heterocycles. The fourth-order valence-corrected chi connectivity index (χ4v) is 3.39. The average molecular weight is 248 g/mol. The Kier molecular flexibility index (Phi) is 4.01. The first-order valence-corrected chi connectivity index (χ1v) is 7.40. The van der Waals surface area contributed by atoms with Crippen LogP contribution in [-0.2, 0) is 6.54 Å². The van der Waals surface area contributed by atoms with Gasteiger partial charge in [0.2, 0.25) is 0 Å². The molecule has 0 radical (unpaired) electrons. The van der Waals surface area contributed by atoms with Gasteiger partial charge in [-0.2, -0.15) is 0 Å². The summed E-state index contributed by atoms with van der Waals surface area (Å²) < 4.78 is 5.45. The monoisotopic (exact) mass is 248 g/mol. The van der Waals surface area contributed by atoms with Gasteiger partial charge in [0.1, 0.15) is 5.76 Å². The van der Waals surface area contributed by atoms with Crippen LogP contribution in [0.2, 0.25) is 0 Å². The third-order valence-electron chi connectivity index (χ3n) is 4.41. The third-order valence-corrected chi connectivity index (χ3v) is 4.41. The lowest BCUT2D eigenvalue weighted by Crippen LogP contribution is -2.33. The van der Waals surface area contributed by atoms with Gasteiger partial charge in [0.05, 0.1) is 12.8 Å². The number of hydrogen-bond acceptors (Lipinski definition) is 3. The summed E-state index contributed by atoms with van der Waals surface area (Å²) >= 11 is 0. The van der Waals surface area contributed by atoms with E-state index >= 15 is 0 Å². The van der Waals surface area contributed by atoms with Crippen LogP contribution in [0.15, 0.2) is 22.8 Å². The molecule has 3 heterocycles. The SMILES string of the molecule is c1coc(CN2CCCC(N3CCCC3)CC2)c1. The molecule has 0 N–H and O–H groups in total. The summed E-state index contributed by atoms with van der Waals surface area (Å²) in [5, 5.41) is 0. The quantitative estimate of drug-likeness (QED) is 0.820. The van der Waals surface area contributed by atoms with Gasteiger partial charge in [-0.25, -0.2) is 0 Å². The van der Waals surface area contributed by atoms with Crippen LogP contribution in [0.3, 0.4) is 0 Å². The molecule has 3 heteroatoms. The van der Waals surface area contributed by atoms with E-state index in [2.05, 4.69) is 15.9 Å². The Morgan fingerprint density at radius 3 is 2.72 bits per heavy atom. The summed E-state index contributed by atoms with van der Waals surface area (Å²) in [5.74, 6) is 1.11. The molecule has 1 unspecified atom stereocenters. The average Bonchev–Trinajstić information content (AvgIpc) is 3.02. The van der Waals surface area contributed by atoms with Crippen LogP contribution in [0.1, 0.15) is 37.9 Å². The minimum atomic E-state index is 0.842. The molecule has 3 nitrogen and oxygen atoms in total. The Morgan fingerprint density at radius 2 is 1.94 bits per heavy atom. The van der Waals surface area contributed by atoms with E-state index in [-0.39, 0.29) is 0 Å². The Balaban J connectivity index is 1.51. The summed E-state index contributed by atoms with van der Waals surface area (Å²) in [6.07, 6.45) is 8.65. The molecule has 2 saturated heterocycles. The Hall–Kier alpha value is -0.800. The van der Waals surface area contributed by atoms with Gasteiger partial charge in [0.25, 0.3) is 0 Å². The zero-order valence-corrected chi connectivity index (χ0v) is 11.2. The molecule has 2 fully saturated rings. The molecule has 0 saturated carbocycles. The topological polar surface area (TPSA) is 19.6 Å². The largest absolute Gasteiger partial charge is 0.468 e. The second kappa shape index (κ2) is 5.89. The fraction of sp³-hybridized carbons (Fsp3) is 0.733. The van der Waals surface area contributed by atoms with Crippen molar-refractivity contribution in [2.45, 2.75) is 44.7 Å². The maximum Gasteiger partial charge on any atom is 0.117 e. The highest BCUT2D eigenvalue weighted by molar-refractivity contribution is 4.98. The van der Waals surface area contributed by atoms with Crippen molar-refractivity contribution in [3.05, 3.63) is 24.2 Å². The summed E-state index contributed by atoms with van der Waals surface area (Å²) in [4.78, 5) is 5.27. The van der Waals surface area contributed by atoms with Crippen molar-refractivity contribution < 1.29 is 4.42 Å². The van der Waals surface area contributed by atoms with Gasteiger partial charge in [-0.15, -0.1) is 0 Å². The molecule has 100 valence electrons. The lowest BCUT2D eigenvalue weighted by Gasteiger charge is -2.26. The Morgan fingerprint density at radius 1 is 1.06 bits per heavy atom. The lowest BCUT2D eigenvalue weighted by molar-refractivity contribution is 0.209. The van der Waals surface area contributed by atoms with Crippen molar-refractivity contribution in [2.75, 3.05) is 26.2 Å². The zero-order valence-electron chi connectivity index (χ0n) is 11.2. The van der Waals surface area contributed by atoms with Crippen LogP contribution in [0.4, 0.5) is 0 Å². The van der Waals surface area contributed by atoms with E-state index in [4.69, 9.17) is 4.42 Å². The highest BCUT2D eigenvalue weighted by atomic mass is 16.3. The number of nitrogens with zero attached hydrogens (tertiary/aromatic N) is 2. The van der Waals surface area contributed by atoms with Crippen LogP contribution in [-0.4, -0.2) is 42.0 Å². The molecule has 18 heavy (non-hydrogen) atoms. The maximum absolute atomic E-state index is 5.45. The molecule has 0 aromatic carbocycles. The van der Waals surface area contributed by atoms with Gasteiger partial charge in [0.15, 0.2) is 0 Å².